The van der Waals surface area contributed by atoms with E-state index in [9.17, 15) is 30.6 Å². The van der Waals surface area contributed by atoms with E-state index >= 15 is 0 Å². The second-order valence-corrected chi connectivity index (χ2v) is 8.05. The van der Waals surface area contributed by atoms with Crippen molar-refractivity contribution in [3.63, 3.8) is 0 Å². The Morgan fingerprint density at radius 3 is 2.12 bits per heavy atom. The van der Waals surface area contributed by atoms with Crippen molar-refractivity contribution >= 4 is 0 Å². The molecule has 0 spiro atoms. The maximum absolute atomic E-state index is 11.7. The lowest BCUT2D eigenvalue weighted by atomic mass is 9.78. The third-order valence-electron chi connectivity index (χ3n) is 5.73. The van der Waals surface area contributed by atoms with Crippen LogP contribution < -0.4 is 0 Å². The number of aliphatic hydroxyl groups excluding tert-OH is 6. The summed E-state index contributed by atoms with van der Waals surface area (Å²) in [6.45, 7) is -0.839. The first-order chi connectivity index (χ1) is 15.8. The zero-order valence-electron chi connectivity index (χ0n) is 17.9. The molecule has 33 heavy (non-hydrogen) atoms. The highest BCUT2D eigenvalue weighted by molar-refractivity contribution is 5.35. The standard InChI is InChI=1S/C25H29NO7/c27-15-20(28)22(30)23(31)24(32)25(33,14-16-7-2-1-3-8-16)18-10-6-9-17(13-18)21(29)19-11-4-5-12-26-19/h1-13,20-24,27-33H,14-15H2/t20-,21?,22-,23+,24-,25?/m1/s1. The number of rotatable bonds is 10. The van der Waals surface area contributed by atoms with Crippen LogP contribution in [-0.4, -0.2) is 71.8 Å². The highest BCUT2D eigenvalue weighted by atomic mass is 16.4. The highest BCUT2D eigenvalue weighted by Crippen LogP contribution is 2.34. The largest absolute Gasteiger partial charge is 0.394 e. The molecule has 0 amide bonds. The van der Waals surface area contributed by atoms with E-state index in [-0.39, 0.29) is 12.0 Å². The first kappa shape index (κ1) is 24.9. The van der Waals surface area contributed by atoms with Gasteiger partial charge in [0.05, 0.1) is 12.3 Å². The zero-order valence-corrected chi connectivity index (χ0v) is 17.9. The van der Waals surface area contributed by atoms with E-state index in [1.807, 2.05) is 0 Å². The number of nitrogens with zero attached hydrogens (tertiary/aromatic N) is 1. The molecule has 0 aliphatic rings. The molecule has 8 nitrogen and oxygen atoms in total. The van der Waals surface area contributed by atoms with E-state index < -0.39 is 42.7 Å². The summed E-state index contributed by atoms with van der Waals surface area (Å²) in [7, 11) is 0. The second-order valence-electron chi connectivity index (χ2n) is 8.05. The van der Waals surface area contributed by atoms with Crippen LogP contribution in [0.1, 0.15) is 28.5 Å². The summed E-state index contributed by atoms with van der Waals surface area (Å²) in [4.78, 5) is 4.14. The van der Waals surface area contributed by atoms with Gasteiger partial charge in [0.25, 0.3) is 0 Å². The van der Waals surface area contributed by atoms with Crippen molar-refractivity contribution in [2.45, 2.75) is 42.5 Å². The summed E-state index contributed by atoms with van der Waals surface area (Å²) in [5, 5.41) is 72.9. The number of aromatic nitrogens is 1. The van der Waals surface area contributed by atoms with Crippen LogP contribution in [-0.2, 0) is 12.0 Å². The molecule has 3 aromatic rings. The first-order valence-corrected chi connectivity index (χ1v) is 10.6. The van der Waals surface area contributed by atoms with Crippen molar-refractivity contribution in [1.29, 1.82) is 0 Å². The number of aliphatic hydroxyl groups is 7. The van der Waals surface area contributed by atoms with Gasteiger partial charge in [0.1, 0.15) is 36.1 Å². The van der Waals surface area contributed by atoms with Crippen LogP contribution in [0, 0.1) is 0 Å². The van der Waals surface area contributed by atoms with E-state index in [1.165, 1.54) is 12.1 Å². The fraction of sp³-hybridized carbons (Fsp3) is 0.320. The van der Waals surface area contributed by atoms with E-state index in [0.717, 1.165) is 0 Å². The third kappa shape index (κ3) is 5.63. The van der Waals surface area contributed by atoms with Crippen molar-refractivity contribution in [2.75, 3.05) is 6.61 Å². The molecule has 0 aliphatic heterocycles. The zero-order chi connectivity index (χ0) is 24.0. The summed E-state index contributed by atoms with van der Waals surface area (Å²) in [6.07, 6.45) is -7.25. The first-order valence-electron chi connectivity index (χ1n) is 10.6. The summed E-state index contributed by atoms with van der Waals surface area (Å²) < 4.78 is 0. The molecule has 0 fully saturated rings. The van der Waals surface area contributed by atoms with E-state index in [2.05, 4.69) is 4.98 Å². The Labute approximate surface area is 191 Å². The van der Waals surface area contributed by atoms with Gasteiger partial charge in [-0.25, -0.2) is 0 Å². The maximum atomic E-state index is 11.7. The Morgan fingerprint density at radius 2 is 1.48 bits per heavy atom. The van der Waals surface area contributed by atoms with Gasteiger partial charge in [-0.2, -0.15) is 0 Å². The second kappa shape index (κ2) is 11.0. The summed E-state index contributed by atoms with van der Waals surface area (Å²) >= 11 is 0. The van der Waals surface area contributed by atoms with Gasteiger partial charge in [0.15, 0.2) is 0 Å². The van der Waals surface area contributed by atoms with Gasteiger partial charge in [-0.3, -0.25) is 4.98 Å². The van der Waals surface area contributed by atoms with Crippen LogP contribution in [0.5, 0.6) is 0 Å². The van der Waals surface area contributed by atoms with Gasteiger partial charge in [0.2, 0.25) is 0 Å². The van der Waals surface area contributed by atoms with Crippen LogP contribution in [0.2, 0.25) is 0 Å². The summed E-state index contributed by atoms with van der Waals surface area (Å²) in [5.41, 5.74) is -0.509. The van der Waals surface area contributed by atoms with Crippen LogP contribution >= 0.6 is 0 Å². The fourth-order valence-corrected chi connectivity index (χ4v) is 3.78. The topological polar surface area (TPSA) is 154 Å². The number of pyridine rings is 1. The smallest absolute Gasteiger partial charge is 0.122 e. The molecule has 0 bridgehead atoms. The lowest BCUT2D eigenvalue weighted by Crippen LogP contribution is -2.55. The molecular formula is C25H29NO7. The molecule has 8 heteroatoms. The monoisotopic (exact) mass is 455 g/mol. The van der Waals surface area contributed by atoms with Crippen LogP contribution in [0.15, 0.2) is 79.0 Å². The molecule has 7 N–H and O–H groups in total. The van der Waals surface area contributed by atoms with Crippen molar-refractivity contribution in [2.24, 2.45) is 0 Å². The molecule has 0 saturated heterocycles. The minimum absolute atomic E-state index is 0.142. The van der Waals surface area contributed by atoms with Gasteiger partial charge in [-0.1, -0.05) is 54.6 Å². The van der Waals surface area contributed by atoms with E-state index in [0.29, 0.717) is 16.8 Å². The van der Waals surface area contributed by atoms with Crippen molar-refractivity contribution in [1.82, 2.24) is 4.98 Å². The fourth-order valence-electron chi connectivity index (χ4n) is 3.78. The Bertz CT molecular complexity index is 1000. The van der Waals surface area contributed by atoms with Crippen LogP contribution in [0.3, 0.4) is 0 Å². The maximum Gasteiger partial charge on any atom is 0.122 e. The molecular weight excluding hydrogens is 426 g/mol. The SMILES string of the molecule is OC[C@@H](O)[C@@H](O)[C@H](O)[C@@H](O)C(O)(Cc1ccccc1)c1cccc(C(O)c2ccccn2)c1. The van der Waals surface area contributed by atoms with Gasteiger partial charge in [-0.15, -0.1) is 0 Å². The Balaban J connectivity index is 2.02. The average Bonchev–Trinajstić information content (AvgIpc) is 2.87. The number of hydrogen-bond donors (Lipinski definition) is 7. The third-order valence-corrected chi connectivity index (χ3v) is 5.73. The highest BCUT2D eigenvalue weighted by Gasteiger charge is 2.45. The molecule has 176 valence electrons. The van der Waals surface area contributed by atoms with Gasteiger partial charge < -0.3 is 35.7 Å². The normalized spacial score (nSPS) is 18.0. The molecule has 1 heterocycles. The molecule has 0 radical (unpaired) electrons. The molecule has 3 rings (SSSR count). The number of hydrogen-bond acceptors (Lipinski definition) is 8. The molecule has 0 saturated carbocycles. The lowest BCUT2D eigenvalue weighted by Gasteiger charge is -2.38. The van der Waals surface area contributed by atoms with Crippen molar-refractivity contribution in [3.8, 4) is 0 Å². The predicted molar refractivity (Wildman–Crippen MR) is 120 cm³/mol. The van der Waals surface area contributed by atoms with Crippen molar-refractivity contribution in [3.05, 3.63) is 101 Å². The Morgan fingerprint density at radius 1 is 0.788 bits per heavy atom. The molecule has 2 unspecified atom stereocenters. The van der Waals surface area contributed by atoms with Gasteiger partial charge >= 0.3 is 0 Å². The Hall–Kier alpha value is -2.69. The molecule has 0 aliphatic carbocycles. The van der Waals surface area contributed by atoms with Gasteiger partial charge in [-0.05, 0) is 34.9 Å². The van der Waals surface area contributed by atoms with Crippen LogP contribution in [0.25, 0.3) is 0 Å². The average molecular weight is 456 g/mol. The van der Waals surface area contributed by atoms with E-state index in [4.69, 9.17) is 5.11 Å². The number of benzene rings is 2. The molecule has 6 atom stereocenters. The summed E-state index contributed by atoms with van der Waals surface area (Å²) in [6, 6.07) is 20.1. The van der Waals surface area contributed by atoms with Crippen molar-refractivity contribution < 1.29 is 35.7 Å². The Kier molecular flexibility index (Phi) is 8.28. The van der Waals surface area contributed by atoms with Crippen LogP contribution in [0.4, 0.5) is 0 Å². The van der Waals surface area contributed by atoms with Gasteiger partial charge in [0, 0.05) is 12.6 Å². The molecule has 2 aromatic carbocycles. The minimum atomic E-state index is -2.11. The minimum Gasteiger partial charge on any atom is -0.394 e. The quantitative estimate of drug-likeness (QED) is 0.226. The summed E-state index contributed by atoms with van der Waals surface area (Å²) in [5.74, 6) is 0. The lowest BCUT2D eigenvalue weighted by molar-refractivity contribution is -0.176. The molecule has 1 aromatic heterocycles. The van der Waals surface area contributed by atoms with E-state index in [1.54, 1.807) is 66.9 Å². The predicted octanol–water partition coefficient (Wildman–Crippen LogP) is 0.0295.